The van der Waals surface area contributed by atoms with Crippen LogP contribution < -0.4 is 10.1 Å². The summed E-state index contributed by atoms with van der Waals surface area (Å²) in [5, 5.41) is 25.1. The molecule has 3 aromatic rings. The molecular weight excluding hydrogens is 671 g/mol. The van der Waals surface area contributed by atoms with Crippen LogP contribution in [0.5, 0.6) is 5.75 Å². The number of hydrazine groups is 1. The highest BCUT2D eigenvalue weighted by Crippen LogP contribution is 2.21. The van der Waals surface area contributed by atoms with E-state index in [-0.39, 0.29) is 40.5 Å². The fourth-order valence-electron chi connectivity index (χ4n) is 5.18. The lowest BCUT2D eigenvalue weighted by atomic mass is 10.00. The normalized spacial score (nSPS) is 13.3. The summed E-state index contributed by atoms with van der Waals surface area (Å²) in [6.07, 6.45) is 0.104. The number of amides is 2. The molecule has 3 aromatic carbocycles. The average molecular weight is 718 g/mol. The van der Waals surface area contributed by atoms with Crippen LogP contribution in [0.4, 0.5) is 0 Å². The molecule has 13 nitrogen and oxygen atoms in total. The summed E-state index contributed by atoms with van der Waals surface area (Å²) in [7, 11) is -3.76. The van der Waals surface area contributed by atoms with Gasteiger partial charge in [0.05, 0.1) is 22.8 Å². The molecule has 49 heavy (non-hydrogen) atoms. The molecule has 0 fully saturated rings. The topological polar surface area (TPSA) is 177 Å². The average Bonchev–Trinajstić information content (AvgIpc) is 3.04. The maximum Gasteiger partial charge on any atom is 0.253 e. The highest BCUT2D eigenvalue weighted by Gasteiger charge is 2.28. The zero-order valence-electron chi connectivity index (χ0n) is 28.5. The zero-order valence-corrected chi connectivity index (χ0v) is 30.2. The first-order valence-corrected chi connectivity index (χ1v) is 19.0. The third-order valence-electron chi connectivity index (χ3n) is 7.60. The van der Waals surface area contributed by atoms with E-state index in [0.29, 0.717) is 37.1 Å². The summed E-state index contributed by atoms with van der Waals surface area (Å²) in [5.41, 5.74) is 1.13. The molecule has 15 heteroatoms. The van der Waals surface area contributed by atoms with Gasteiger partial charge in [0.25, 0.3) is 11.8 Å². The molecule has 4 N–H and O–H groups in total. The first-order valence-electron chi connectivity index (χ1n) is 15.9. The molecule has 0 radical (unpaired) electrons. The Hall–Kier alpha value is -3.86. The molecule has 0 spiro atoms. The zero-order chi connectivity index (χ0) is 36.4. The number of phenols is 1. The standard InChI is InChI=1S/C34H47N5O8S2/c1-6-17-39(18-7-2)34(43)28-20-27(21-30(22-28)49(46,47)37(3)4)33(42)35-31(19-25-13-15-29(40)16-14-25)32(41)23-38(5)36-48(44,45)24-26-11-9-8-10-12-26/h8-16,20-22,31-32,36,40-41H,6-7,17-19,23-24H2,1-5H3,(H,35,42). The van der Waals surface area contributed by atoms with Crippen LogP contribution in [0.1, 0.15) is 58.5 Å². The first kappa shape index (κ1) is 39.6. The van der Waals surface area contributed by atoms with E-state index in [1.54, 1.807) is 47.4 Å². The number of hydrogen-bond acceptors (Lipinski definition) is 9. The van der Waals surface area contributed by atoms with Gasteiger partial charge in [0.2, 0.25) is 20.0 Å². The van der Waals surface area contributed by atoms with E-state index in [4.69, 9.17) is 0 Å². The third-order valence-corrected chi connectivity index (χ3v) is 10.7. The number of aromatic hydroxyl groups is 1. The van der Waals surface area contributed by atoms with E-state index >= 15 is 0 Å². The van der Waals surface area contributed by atoms with E-state index in [9.17, 15) is 36.6 Å². The van der Waals surface area contributed by atoms with Gasteiger partial charge in [0, 0.05) is 51.9 Å². The second kappa shape index (κ2) is 17.7. The molecule has 0 heterocycles. The first-order chi connectivity index (χ1) is 23.1. The molecule has 2 amide bonds. The van der Waals surface area contributed by atoms with Crippen LogP contribution in [0.2, 0.25) is 0 Å². The van der Waals surface area contributed by atoms with Crippen LogP contribution in [0, 0.1) is 0 Å². The van der Waals surface area contributed by atoms with E-state index < -0.39 is 44.0 Å². The number of sulfonamides is 2. The van der Waals surface area contributed by atoms with E-state index in [2.05, 4.69) is 10.1 Å². The van der Waals surface area contributed by atoms with Crippen molar-refractivity contribution < 1.29 is 36.6 Å². The molecule has 0 bridgehead atoms. The number of carbonyl (C=O) groups is 2. The van der Waals surface area contributed by atoms with Gasteiger partial charge in [-0.05, 0) is 60.7 Å². The highest BCUT2D eigenvalue weighted by molar-refractivity contribution is 7.89. The number of hydrogen-bond donors (Lipinski definition) is 4. The second-order valence-corrected chi connectivity index (χ2v) is 15.9. The number of likely N-dealkylation sites (N-methyl/N-ethyl adjacent to an activating group) is 1. The molecule has 0 aromatic heterocycles. The molecule has 0 saturated carbocycles. The number of rotatable bonds is 18. The van der Waals surface area contributed by atoms with Gasteiger partial charge in [-0.25, -0.2) is 26.1 Å². The van der Waals surface area contributed by atoms with Gasteiger partial charge >= 0.3 is 0 Å². The van der Waals surface area contributed by atoms with Gasteiger partial charge in [-0.2, -0.15) is 0 Å². The van der Waals surface area contributed by atoms with Crippen molar-refractivity contribution in [2.45, 2.75) is 55.9 Å². The largest absolute Gasteiger partial charge is 0.508 e. The predicted octanol–water partition coefficient (Wildman–Crippen LogP) is 2.57. The molecule has 3 rings (SSSR count). The van der Waals surface area contributed by atoms with E-state index in [1.165, 1.54) is 56.5 Å². The predicted molar refractivity (Wildman–Crippen MR) is 188 cm³/mol. The van der Waals surface area contributed by atoms with Crippen LogP contribution in [-0.2, 0) is 32.2 Å². The summed E-state index contributed by atoms with van der Waals surface area (Å²) in [4.78, 5) is 31.2. The fourth-order valence-corrected chi connectivity index (χ4v) is 7.40. The van der Waals surface area contributed by atoms with Crippen LogP contribution in [0.15, 0.2) is 77.7 Å². The van der Waals surface area contributed by atoms with Crippen molar-refractivity contribution in [3.63, 3.8) is 0 Å². The molecule has 0 saturated heterocycles. The van der Waals surface area contributed by atoms with Crippen LogP contribution in [0.25, 0.3) is 0 Å². The van der Waals surface area contributed by atoms with Crippen LogP contribution >= 0.6 is 0 Å². The van der Waals surface area contributed by atoms with Crippen molar-refractivity contribution in [2.24, 2.45) is 0 Å². The van der Waals surface area contributed by atoms with E-state index in [1.807, 2.05) is 13.8 Å². The van der Waals surface area contributed by atoms with Gasteiger partial charge < -0.3 is 20.4 Å². The Morgan fingerprint density at radius 3 is 1.98 bits per heavy atom. The monoisotopic (exact) mass is 717 g/mol. The second-order valence-electron chi connectivity index (χ2n) is 12.1. The minimum Gasteiger partial charge on any atom is -0.508 e. The fraction of sp³-hybridized carbons (Fsp3) is 0.412. The molecular formula is C34H47N5O8S2. The van der Waals surface area contributed by atoms with Crippen molar-refractivity contribution in [1.29, 1.82) is 0 Å². The van der Waals surface area contributed by atoms with Crippen molar-refractivity contribution in [1.82, 2.24) is 24.4 Å². The van der Waals surface area contributed by atoms with Gasteiger partial charge in [0.15, 0.2) is 0 Å². The third kappa shape index (κ3) is 11.6. The number of aliphatic hydroxyl groups excluding tert-OH is 1. The van der Waals surface area contributed by atoms with Gasteiger partial charge in [-0.15, -0.1) is 4.83 Å². The summed E-state index contributed by atoms with van der Waals surface area (Å²) in [6.45, 7) is 4.50. The Balaban J connectivity index is 1.94. The number of aliphatic hydroxyl groups is 1. The summed E-state index contributed by atoms with van der Waals surface area (Å²) < 4.78 is 53.0. The molecule has 2 atom stereocenters. The Bertz CT molecular complexity index is 1760. The number of benzene rings is 3. The maximum atomic E-state index is 13.8. The SMILES string of the molecule is CCCN(CCC)C(=O)c1cc(C(=O)NC(Cc2ccc(O)cc2)C(O)CN(C)NS(=O)(=O)Cc2ccccc2)cc(S(=O)(=O)N(C)C)c1. The number of carbonyl (C=O) groups excluding carboxylic acids is 2. The van der Waals surface area contributed by atoms with Gasteiger partial charge in [-0.3, -0.25) is 9.59 Å². The summed E-state index contributed by atoms with van der Waals surface area (Å²) >= 11 is 0. The van der Waals surface area contributed by atoms with Crippen molar-refractivity contribution in [3.05, 3.63) is 95.1 Å². The molecule has 0 aliphatic rings. The molecule has 0 aliphatic carbocycles. The molecule has 2 unspecified atom stereocenters. The van der Waals surface area contributed by atoms with Gasteiger partial charge in [-0.1, -0.05) is 56.3 Å². The lowest BCUT2D eigenvalue weighted by Gasteiger charge is -2.28. The lowest BCUT2D eigenvalue weighted by molar-refractivity contribution is 0.0687. The molecule has 268 valence electrons. The Kier molecular flexibility index (Phi) is 14.3. The summed E-state index contributed by atoms with van der Waals surface area (Å²) in [6, 6.07) is 17.5. The van der Waals surface area contributed by atoms with Crippen molar-refractivity contribution in [3.8, 4) is 5.75 Å². The summed E-state index contributed by atoms with van der Waals surface area (Å²) in [5.74, 6) is -1.44. The maximum absolute atomic E-state index is 13.8. The quantitative estimate of drug-likeness (QED) is 0.144. The minimum absolute atomic E-state index is 0.0220. The Morgan fingerprint density at radius 1 is 0.816 bits per heavy atom. The lowest BCUT2D eigenvalue weighted by Crippen LogP contribution is -2.52. The van der Waals surface area contributed by atoms with Crippen molar-refractivity contribution >= 4 is 31.9 Å². The highest BCUT2D eigenvalue weighted by atomic mass is 32.2. The Labute approximate surface area is 289 Å². The van der Waals surface area contributed by atoms with Crippen molar-refractivity contribution in [2.75, 3.05) is 40.8 Å². The van der Waals surface area contributed by atoms with Crippen LogP contribution in [0.3, 0.4) is 0 Å². The number of nitrogens with one attached hydrogen (secondary N) is 2. The Morgan fingerprint density at radius 2 is 1.41 bits per heavy atom. The smallest absolute Gasteiger partial charge is 0.253 e. The number of nitrogens with zero attached hydrogens (tertiary/aromatic N) is 3. The van der Waals surface area contributed by atoms with E-state index in [0.717, 1.165) is 4.31 Å². The minimum atomic E-state index is -4.05. The van der Waals surface area contributed by atoms with Crippen LogP contribution in [-0.4, -0.2) is 106 Å². The number of phenolic OH excluding ortho intramolecular Hbond substituents is 1. The van der Waals surface area contributed by atoms with Gasteiger partial charge in [0.1, 0.15) is 5.75 Å². The molecule has 0 aliphatic heterocycles.